The average Bonchev–Trinajstić information content (AvgIpc) is 3.35. The minimum Gasteiger partial charge on any atom is -0.462 e. The van der Waals surface area contributed by atoms with Crippen molar-refractivity contribution in [2.24, 2.45) is 0 Å². The van der Waals surface area contributed by atoms with Crippen LogP contribution in [0.5, 0.6) is 0 Å². The molecular weight excluding hydrogens is 853 g/mol. The molecule has 0 N–H and O–H groups in total. The molecule has 0 rings (SSSR count). The molecule has 0 aliphatic rings. The highest BCUT2D eigenvalue weighted by molar-refractivity contribution is 5.71. The third-order valence-corrected chi connectivity index (χ3v) is 11.4. The summed E-state index contributed by atoms with van der Waals surface area (Å²) in [6, 6.07) is 0. The quantitative estimate of drug-likeness (QED) is 0.0262. The maximum absolute atomic E-state index is 12.8. The van der Waals surface area contributed by atoms with Gasteiger partial charge in [0.05, 0.1) is 0 Å². The molecule has 390 valence electrons. The van der Waals surface area contributed by atoms with Crippen LogP contribution in [-0.2, 0) is 28.6 Å². The lowest BCUT2D eigenvalue weighted by Gasteiger charge is -2.18. The summed E-state index contributed by atoms with van der Waals surface area (Å²) in [5, 5.41) is 0. The molecule has 69 heavy (non-hydrogen) atoms. The molecule has 0 saturated carbocycles. The Hall–Kier alpha value is -4.19. The summed E-state index contributed by atoms with van der Waals surface area (Å²) in [6.07, 6.45) is 77.5. The van der Waals surface area contributed by atoms with E-state index in [1.807, 2.05) is 0 Å². The number of carbonyl (C=O) groups is 3. The maximum Gasteiger partial charge on any atom is 0.306 e. The summed E-state index contributed by atoms with van der Waals surface area (Å²) in [6.45, 7) is 6.41. The SMILES string of the molecule is CC/C=C\C/C=C\C/C=C\C/C=C\C/C=C\CCCCCC(=O)O[C@H](COC(=O)CCCCC/C=C\C/C=C\C/C=C\C/C=C\CCCCC)COC(=O)CCCCCCC/C=C\CCCCCC. The van der Waals surface area contributed by atoms with E-state index in [2.05, 4.69) is 142 Å². The Labute approximate surface area is 424 Å². The molecule has 0 heterocycles. The van der Waals surface area contributed by atoms with Gasteiger partial charge in [-0.2, -0.15) is 0 Å². The van der Waals surface area contributed by atoms with Crippen molar-refractivity contribution in [3.05, 3.63) is 122 Å². The van der Waals surface area contributed by atoms with Crippen molar-refractivity contribution in [2.45, 2.75) is 245 Å². The molecule has 0 aliphatic carbocycles. The third kappa shape index (κ3) is 54.6. The van der Waals surface area contributed by atoms with Gasteiger partial charge in [-0.25, -0.2) is 0 Å². The van der Waals surface area contributed by atoms with Gasteiger partial charge in [0.1, 0.15) is 13.2 Å². The molecule has 6 heteroatoms. The fourth-order valence-electron chi connectivity index (χ4n) is 7.21. The van der Waals surface area contributed by atoms with Crippen LogP contribution in [0.15, 0.2) is 122 Å². The number of allylic oxidation sites excluding steroid dienone is 20. The van der Waals surface area contributed by atoms with Gasteiger partial charge in [-0.05, 0) is 135 Å². The van der Waals surface area contributed by atoms with Crippen molar-refractivity contribution in [1.82, 2.24) is 0 Å². The van der Waals surface area contributed by atoms with Crippen LogP contribution >= 0.6 is 0 Å². The first kappa shape index (κ1) is 64.8. The molecule has 0 unspecified atom stereocenters. The molecule has 0 aliphatic heterocycles. The Morgan fingerprint density at radius 1 is 0.304 bits per heavy atom. The minimum atomic E-state index is -0.816. The van der Waals surface area contributed by atoms with Crippen LogP contribution in [0.4, 0.5) is 0 Å². The standard InChI is InChI=1S/C63H102O6/c1-4-7-10-13-16-19-22-25-27-29-31-33-35-38-41-44-47-50-53-56-62(65)68-59-60(58-67-61(64)55-52-49-46-43-40-37-24-21-18-15-12-9-6-3)69-63(66)57-54-51-48-45-42-39-36-34-32-30-28-26-23-20-17-14-11-8-5-2/h8,11,16-17,19-21,24-28,31-34,38-39,41-42,60H,4-7,9-10,12-15,18,22-23,29-30,35-37,40,43-59H2,1-3H3/b11-8-,19-16-,20-17-,24-21-,27-25-,28-26-,33-31-,34-32-,41-38-,42-39-/t60-/m0/s1. The Morgan fingerprint density at radius 3 is 0.942 bits per heavy atom. The molecule has 0 fully saturated rings. The molecule has 0 spiro atoms. The first-order valence-electron chi connectivity index (χ1n) is 28.0. The largest absolute Gasteiger partial charge is 0.462 e. The first-order valence-corrected chi connectivity index (χ1v) is 28.0. The van der Waals surface area contributed by atoms with Gasteiger partial charge >= 0.3 is 17.9 Å². The lowest BCUT2D eigenvalue weighted by atomic mass is 10.1. The highest BCUT2D eigenvalue weighted by Gasteiger charge is 2.19. The van der Waals surface area contributed by atoms with Crippen molar-refractivity contribution in [1.29, 1.82) is 0 Å². The molecule has 0 aromatic rings. The second-order valence-electron chi connectivity index (χ2n) is 18.1. The van der Waals surface area contributed by atoms with Crippen LogP contribution in [0, 0.1) is 0 Å². The molecule has 0 aromatic carbocycles. The fraction of sp³-hybridized carbons (Fsp3) is 0.635. The normalized spacial score (nSPS) is 13.0. The second-order valence-corrected chi connectivity index (χ2v) is 18.1. The summed E-state index contributed by atoms with van der Waals surface area (Å²) < 4.78 is 16.8. The number of rotatable bonds is 49. The van der Waals surface area contributed by atoms with Crippen LogP contribution < -0.4 is 0 Å². The predicted molar refractivity (Wildman–Crippen MR) is 297 cm³/mol. The van der Waals surface area contributed by atoms with Crippen molar-refractivity contribution in [2.75, 3.05) is 13.2 Å². The van der Waals surface area contributed by atoms with Crippen LogP contribution in [0.2, 0.25) is 0 Å². The zero-order chi connectivity index (χ0) is 50.0. The van der Waals surface area contributed by atoms with Gasteiger partial charge in [0.2, 0.25) is 0 Å². The zero-order valence-corrected chi connectivity index (χ0v) is 44.5. The lowest BCUT2D eigenvalue weighted by molar-refractivity contribution is -0.167. The van der Waals surface area contributed by atoms with Gasteiger partial charge in [-0.1, -0.05) is 206 Å². The third-order valence-electron chi connectivity index (χ3n) is 11.4. The van der Waals surface area contributed by atoms with Gasteiger partial charge in [0, 0.05) is 19.3 Å². The lowest BCUT2D eigenvalue weighted by Crippen LogP contribution is -2.30. The van der Waals surface area contributed by atoms with Gasteiger partial charge in [-0.15, -0.1) is 0 Å². The zero-order valence-electron chi connectivity index (χ0n) is 44.5. The molecule has 1 atom stereocenters. The smallest absolute Gasteiger partial charge is 0.306 e. The Bertz CT molecular complexity index is 1470. The number of hydrogen-bond donors (Lipinski definition) is 0. The molecule has 0 bridgehead atoms. The monoisotopic (exact) mass is 955 g/mol. The number of ether oxygens (including phenoxy) is 3. The predicted octanol–water partition coefficient (Wildman–Crippen LogP) is 18.9. The molecular formula is C63H102O6. The van der Waals surface area contributed by atoms with Crippen LogP contribution in [0.3, 0.4) is 0 Å². The van der Waals surface area contributed by atoms with Crippen LogP contribution in [-0.4, -0.2) is 37.2 Å². The van der Waals surface area contributed by atoms with Crippen molar-refractivity contribution >= 4 is 17.9 Å². The Morgan fingerprint density at radius 2 is 0.565 bits per heavy atom. The van der Waals surface area contributed by atoms with E-state index in [0.717, 1.165) is 128 Å². The summed E-state index contributed by atoms with van der Waals surface area (Å²) in [4.78, 5) is 38.1. The average molecular weight is 956 g/mol. The highest BCUT2D eigenvalue weighted by Crippen LogP contribution is 2.12. The van der Waals surface area contributed by atoms with E-state index in [0.29, 0.717) is 19.3 Å². The molecule has 0 aromatic heterocycles. The van der Waals surface area contributed by atoms with Crippen molar-refractivity contribution in [3.8, 4) is 0 Å². The van der Waals surface area contributed by atoms with Crippen molar-refractivity contribution in [3.63, 3.8) is 0 Å². The molecule has 0 radical (unpaired) electrons. The van der Waals surface area contributed by atoms with Gasteiger partial charge in [0.15, 0.2) is 6.10 Å². The van der Waals surface area contributed by atoms with E-state index in [-0.39, 0.29) is 37.5 Å². The maximum atomic E-state index is 12.8. The van der Waals surface area contributed by atoms with Gasteiger partial charge < -0.3 is 14.2 Å². The molecule has 6 nitrogen and oxygen atoms in total. The van der Waals surface area contributed by atoms with E-state index in [4.69, 9.17) is 14.2 Å². The topological polar surface area (TPSA) is 78.9 Å². The van der Waals surface area contributed by atoms with E-state index in [1.54, 1.807) is 0 Å². The Kier molecular flexibility index (Phi) is 53.0. The number of hydrogen-bond acceptors (Lipinski definition) is 6. The van der Waals surface area contributed by atoms with Gasteiger partial charge in [0.25, 0.3) is 0 Å². The molecule has 0 saturated heterocycles. The minimum absolute atomic E-state index is 0.109. The summed E-state index contributed by atoms with van der Waals surface area (Å²) >= 11 is 0. The van der Waals surface area contributed by atoms with Crippen molar-refractivity contribution < 1.29 is 28.6 Å². The second kappa shape index (κ2) is 56.4. The summed E-state index contributed by atoms with van der Waals surface area (Å²) in [5.74, 6) is -0.986. The summed E-state index contributed by atoms with van der Waals surface area (Å²) in [5.41, 5.74) is 0. The first-order chi connectivity index (χ1) is 34.0. The van der Waals surface area contributed by atoms with E-state index < -0.39 is 6.10 Å². The highest BCUT2D eigenvalue weighted by atomic mass is 16.6. The number of unbranched alkanes of at least 4 members (excludes halogenated alkanes) is 18. The van der Waals surface area contributed by atoms with Crippen LogP contribution in [0.1, 0.15) is 239 Å². The number of esters is 3. The number of carbonyl (C=O) groups excluding carboxylic acids is 3. The van der Waals surface area contributed by atoms with E-state index in [1.165, 1.54) is 64.2 Å². The van der Waals surface area contributed by atoms with E-state index >= 15 is 0 Å². The van der Waals surface area contributed by atoms with Gasteiger partial charge in [-0.3, -0.25) is 14.4 Å². The fourth-order valence-corrected chi connectivity index (χ4v) is 7.21. The van der Waals surface area contributed by atoms with Crippen LogP contribution in [0.25, 0.3) is 0 Å². The van der Waals surface area contributed by atoms with E-state index in [9.17, 15) is 14.4 Å². The Balaban J connectivity index is 4.53. The summed E-state index contributed by atoms with van der Waals surface area (Å²) in [7, 11) is 0. The molecule has 0 amide bonds.